The summed E-state index contributed by atoms with van der Waals surface area (Å²) in [5.41, 5.74) is 5.31. The van der Waals surface area contributed by atoms with Crippen molar-refractivity contribution in [1.29, 1.82) is 0 Å². The molecule has 0 spiro atoms. The first-order valence-electron chi connectivity index (χ1n) is 16.4. The summed E-state index contributed by atoms with van der Waals surface area (Å²) in [7, 11) is -4.38. The highest BCUT2D eigenvalue weighted by Crippen LogP contribution is 2.43. The van der Waals surface area contributed by atoms with E-state index in [1.807, 2.05) is 6.08 Å². The van der Waals surface area contributed by atoms with Crippen molar-refractivity contribution in [3.05, 3.63) is 12.2 Å². The van der Waals surface area contributed by atoms with Crippen molar-refractivity contribution in [3.63, 3.8) is 0 Å². The first-order valence-corrected chi connectivity index (χ1v) is 17.9. The highest BCUT2D eigenvalue weighted by Gasteiger charge is 2.27. The molecular formula is C31H63N2O7P. The lowest BCUT2D eigenvalue weighted by Gasteiger charge is -2.24. The number of nitrogens with one attached hydrogen (secondary N) is 1. The quantitative estimate of drug-likeness (QED) is 0.0345. The van der Waals surface area contributed by atoms with Gasteiger partial charge < -0.3 is 26.2 Å². The molecule has 6 N–H and O–H groups in total. The van der Waals surface area contributed by atoms with Gasteiger partial charge in [0.1, 0.15) is 0 Å². The number of phosphoric ester groups is 1. The second-order valence-electron chi connectivity index (χ2n) is 11.2. The van der Waals surface area contributed by atoms with Crippen LogP contribution >= 0.6 is 7.82 Å². The number of carbonyl (C=O) groups is 1. The van der Waals surface area contributed by atoms with E-state index in [4.69, 9.17) is 14.8 Å². The molecule has 1 amide bonds. The van der Waals surface area contributed by atoms with Gasteiger partial charge in [0.05, 0.1) is 37.9 Å². The summed E-state index contributed by atoms with van der Waals surface area (Å²) in [5, 5.41) is 23.7. The highest BCUT2D eigenvalue weighted by molar-refractivity contribution is 7.47. The molecule has 0 bridgehead atoms. The molecule has 0 aliphatic carbocycles. The molecule has 0 aromatic rings. The van der Waals surface area contributed by atoms with Crippen LogP contribution in [0.5, 0.6) is 0 Å². The van der Waals surface area contributed by atoms with Crippen LogP contribution in [0.2, 0.25) is 0 Å². The number of phosphoric acid groups is 1. The summed E-state index contributed by atoms with van der Waals surface area (Å²) >= 11 is 0. The number of allylic oxidation sites excluding steroid dienone is 1. The summed E-state index contributed by atoms with van der Waals surface area (Å²) in [6, 6.07) is -0.973. The van der Waals surface area contributed by atoms with E-state index in [0.29, 0.717) is 6.42 Å². The third kappa shape index (κ3) is 26.6. The number of unbranched alkanes of at least 4 members (excludes halogenated alkanes) is 16. The zero-order valence-electron chi connectivity index (χ0n) is 26.1. The molecule has 41 heavy (non-hydrogen) atoms. The molecule has 244 valence electrons. The number of aliphatic hydroxyl groups is 2. The predicted molar refractivity (Wildman–Crippen MR) is 168 cm³/mol. The Kier molecular flexibility index (Phi) is 27.5. The third-order valence-corrected chi connectivity index (χ3v) is 8.15. The molecular weight excluding hydrogens is 543 g/mol. The second kappa shape index (κ2) is 28.0. The summed E-state index contributed by atoms with van der Waals surface area (Å²) < 4.78 is 21.8. The Labute approximate surface area is 250 Å². The molecule has 4 atom stereocenters. The van der Waals surface area contributed by atoms with E-state index in [1.165, 1.54) is 77.0 Å². The minimum Gasteiger partial charge on any atom is -0.393 e. The fourth-order valence-corrected chi connectivity index (χ4v) is 5.40. The topological polar surface area (TPSA) is 151 Å². The normalized spacial score (nSPS) is 15.6. The highest BCUT2D eigenvalue weighted by atomic mass is 31.2. The molecule has 0 aromatic carbocycles. The van der Waals surface area contributed by atoms with Crippen LogP contribution in [0.4, 0.5) is 0 Å². The minimum absolute atomic E-state index is 0.0506. The third-order valence-electron chi connectivity index (χ3n) is 7.17. The molecule has 0 aliphatic heterocycles. The van der Waals surface area contributed by atoms with E-state index in [0.717, 1.165) is 38.5 Å². The Hall–Kier alpha value is -0.800. The van der Waals surface area contributed by atoms with Gasteiger partial charge in [-0.05, 0) is 19.3 Å². The number of aliphatic hydroxyl groups excluding tert-OH is 2. The van der Waals surface area contributed by atoms with Crippen molar-refractivity contribution in [1.82, 2.24) is 5.32 Å². The number of rotatable bonds is 30. The van der Waals surface area contributed by atoms with Crippen molar-refractivity contribution in [2.75, 3.05) is 19.8 Å². The van der Waals surface area contributed by atoms with E-state index in [9.17, 15) is 24.5 Å². The van der Waals surface area contributed by atoms with Crippen LogP contribution in [0.15, 0.2) is 12.2 Å². The van der Waals surface area contributed by atoms with Crippen molar-refractivity contribution >= 4 is 13.7 Å². The van der Waals surface area contributed by atoms with Crippen LogP contribution in [0.3, 0.4) is 0 Å². The Morgan fingerprint density at radius 3 is 1.88 bits per heavy atom. The molecule has 0 aromatic heterocycles. The van der Waals surface area contributed by atoms with Gasteiger partial charge in [-0.15, -0.1) is 0 Å². The van der Waals surface area contributed by atoms with Gasteiger partial charge >= 0.3 is 7.82 Å². The molecule has 0 fully saturated rings. The maximum atomic E-state index is 12.6. The van der Waals surface area contributed by atoms with E-state index in [1.54, 1.807) is 6.08 Å². The Morgan fingerprint density at radius 1 is 0.829 bits per heavy atom. The summed E-state index contributed by atoms with van der Waals surface area (Å²) in [5.74, 6) is -0.451. The fraction of sp³-hybridized carbons (Fsp3) is 0.903. The first-order chi connectivity index (χ1) is 19.8. The molecule has 0 rings (SSSR count). The average molecular weight is 607 g/mol. The van der Waals surface area contributed by atoms with Crippen LogP contribution < -0.4 is 11.1 Å². The number of carbonyl (C=O) groups excluding carboxylic acids is 1. The molecule has 10 heteroatoms. The summed E-state index contributed by atoms with van der Waals surface area (Å²) in [6.07, 6.45) is 23.1. The number of hydrogen-bond donors (Lipinski definition) is 5. The van der Waals surface area contributed by atoms with Gasteiger partial charge in [-0.2, -0.15) is 0 Å². The smallest absolute Gasteiger partial charge is 0.393 e. The Balaban J connectivity index is 4.54. The predicted octanol–water partition coefficient (Wildman–Crippen LogP) is 6.68. The van der Waals surface area contributed by atoms with Gasteiger partial charge in [-0.3, -0.25) is 13.8 Å². The van der Waals surface area contributed by atoms with Gasteiger partial charge in [0.25, 0.3) is 0 Å². The SMILES string of the molecule is CCCCCCCCC/C=C/C(O)C(COP(=O)(O)OCCN)NC(=O)CC(O)CCCCCCCCCCCC. The van der Waals surface area contributed by atoms with Crippen LogP contribution in [0, 0.1) is 0 Å². The van der Waals surface area contributed by atoms with Gasteiger partial charge in [0.2, 0.25) is 5.91 Å². The summed E-state index contributed by atoms with van der Waals surface area (Å²) in [4.78, 5) is 22.5. The zero-order chi connectivity index (χ0) is 30.6. The zero-order valence-corrected chi connectivity index (χ0v) is 27.0. The van der Waals surface area contributed by atoms with Gasteiger partial charge in [-0.1, -0.05) is 129 Å². The van der Waals surface area contributed by atoms with Crippen LogP contribution in [0.1, 0.15) is 142 Å². The lowest BCUT2D eigenvalue weighted by Crippen LogP contribution is -2.46. The largest absolute Gasteiger partial charge is 0.472 e. The Bertz CT molecular complexity index is 681. The number of hydrogen-bond acceptors (Lipinski definition) is 7. The van der Waals surface area contributed by atoms with E-state index >= 15 is 0 Å². The van der Waals surface area contributed by atoms with Gasteiger partial charge in [0.15, 0.2) is 0 Å². The molecule has 0 radical (unpaired) electrons. The second-order valence-corrected chi connectivity index (χ2v) is 12.7. The van der Waals surface area contributed by atoms with Crippen LogP contribution in [-0.4, -0.2) is 59.0 Å². The van der Waals surface area contributed by atoms with Crippen molar-refractivity contribution in [3.8, 4) is 0 Å². The molecule has 0 saturated carbocycles. The molecule has 0 aliphatic rings. The Morgan fingerprint density at radius 2 is 1.34 bits per heavy atom. The maximum absolute atomic E-state index is 12.6. The lowest BCUT2D eigenvalue weighted by atomic mass is 10.0. The van der Waals surface area contributed by atoms with Crippen molar-refractivity contribution in [2.45, 2.75) is 161 Å². The molecule has 4 unspecified atom stereocenters. The number of amides is 1. The van der Waals surface area contributed by atoms with Gasteiger partial charge in [0, 0.05) is 6.54 Å². The van der Waals surface area contributed by atoms with E-state index in [2.05, 4.69) is 19.2 Å². The molecule has 0 heterocycles. The van der Waals surface area contributed by atoms with E-state index < -0.39 is 38.6 Å². The molecule has 0 saturated heterocycles. The van der Waals surface area contributed by atoms with Crippen LogP contribution in [-0.2, 0) is 18.4 Å². The number of nitrogens with two attached hydrogens (primary N) is 1. The fourth-order valence-electron chi connectivity index (χ4n) is 4.64. The van der Waals surface area contributed by atoms with Crippen LogP contribution in [0.25, 0.3) is 0 Å². The average Bonchev–Trinajstić information content (AvgIpc) is 2.94. The maximum Gasteiger partial charge on any atom is 0.472 e. The molecule has 9 nitrogen and oxygen atoms in total. The first kappa shape index (κ1) is 40.2. The summed E-state index contributed by atoms with van der Waals surface area (Å²) in [6.45, 7) is 3.89. The van der Waals surface area contributed by atoms with Crippen molar-refractivity contribution in [2.24, 2.45) is 5.73 Å². The lowest BCUT2D eigenvalue weighted by molar-refractivity contribution is -0.124. The van der Waals surface area contributed by atoms with Gasteiger partial charge in [-0.25, -0.2) is 4.57 Å². The minimum atomic E-state index is -4.38. The monoisotopic (exact) mass is 606 g/mol. The van der Waals surface area contributed by atoms with Crippen molar-refractivity contribution < 1.29 is 33.5 Å². The van der Waals surface area contributed by atoms with E-state index in [-0.39, 0.29) is 19.6 Å². The standard InChI is InChI=1S/C31H63N2O7P/c1-3-5-7-9-11-13-15-16-18-20-22-28(34)26-31(36)33-29(27-40-41(37,38)39-25-24-32)30(35)23-21-19-17-14-12-10-8-6-4-2/h21,23,28-30,34-35H,3-20,22,24-27,32H2,1-2H3,(H,33,36)(H,37,38)/b23-21+.